The standard InChI is InChI=1S/C19H18Cl3N3OS/c1-11-4-5-15(22)17-16(11)23-19(27-17)25(7-6-24(2)3)18(26)12-8-13(20)10-14(21)9-12/h4-5,8-10H,6-7H2,1-3H3. The number of aryl methyl sites for hydroxylation is 1. The highest BCUT2D eigenvalue weighted by Crippen LogP contribution is 2.36. The van der Waals surface area contributed by atoms with E-state index in [1.54, 1.807) is 23.1 Å². The van der Waals surface area contributed by atoms with E-state index in [4.69, 9.17) is 39.8 Å². The molecule has 8 heteroatoms. The van der Waals surface area contributed by atoms with Crippen molar-refractivity contribution in [3.05, 3.63) is 56.5 Å². The minimum atomic E-state index is -0.200. The van der Waals surface area contributed by atoms with Crippen molar-refractivity contribution in [3.8, 4) is 0 Å². The first kappa shape index (κ1) is 20.4. The van der Waals surface area contributed by atoms with Gasteiger partial charge in [-0.2, -0.15) is 0 Å². The van der Waals surface area contributed by atoms with Gasteiger partial charge in [-0.3, -0.25) is 9.69 Å². The molecule has 0 fully saturated rings. The molecule has 0 atom stereocenters. The molecule has 0 unspecified atom stereocenters. The first-order valence-corrected chi connectivity index (χ1v) is 10.2. The quantitative estimate of drug-likeness (QED) is 0.503. The van der Waals surface area contributed by atoms with E-state index in [0.717, 1.165) is 15.8 Å². The SMILES string of the molecule is Cc1ccc(Cl)c2sc(N(CCN(C)C)C(=O)c3cc(Cl)cc(Cl)c3)nc12. The van der Waals surface area contributed by atoms with Crippen molar-refractivity contribution in [2.45, 2.75) is 6.92 Å². The van der Waals surface area contributed by atoms with Gasteiger partial charge >= 0.3 is 0 Å². The van der Waals surface area contributed by atoms with Crippen LogP contribution in [0.5, 0.6) is 0 Å². The van der Waals surface area contributed by atoms with Crippen LogP contribution < -0.4 is 4.90 Å². The van der Waals surface area contributed by atoms with Crippen LogP contribution >= 0.6 is 46.1 Å². The third-order valence-electron chi connectivity index (χ3n) is 4.04. The number of hydrogen-bond acceptors (Lipinski definition) is 4. The van der Waals surface area contributed by atoms with E-state index in [0.29, 0.717) is 38.9 Å². The van der Waals surface area contributed by atoms with Crippen molar-refractivity contribution in [3.63, 3.8) is 0 Å². The summed E-state index contributed by atoms with van der Waals surface area (Å²) in [5.41, 5.74) is 2.25. The number of halogens is 3. The van der Waals surface area contributed by atoms with Crippen LogP contribution in [-0.2, 0) is 0 Å². The Bertz CT molecular complexity index is 944. The molecule has 27 heavy (non-hydrogen) atoms. The fraction of sp³-hybridized carbons (Fsp3) is 0.263. The average molecular weight is 443 g/mol. The van der Waals surface area contributed by atoms with E-state index < -0.39 is 0 Å². The second kappa shape index (κ2) is 8.33. The second-order valence-electron chi connectivity index (χ2n) is 6.46. The number of likely N-dealkylation sites (N-methyl/N-ethyl adjacent to an activating group) is 1. The zero-order valence-corrected chi connectivity index (χ0v) is 18.2. The molecule has 1 aromatic heterocycles. The highest BCUT2D eigenvalue weighted by molar-refractivity contribution is 7.23. The van der Waals surface area contributed by atoms with Gasteiger partial charge in [0.2, 0.25) is 0 Å². The van der Waals surface area contributed by atoms with Crippen molar-refractivity contribution in [1.29, 1.82) is 0 Å². The Kier molecular flexibility index (Phi) is 6.28. The number of carbonyl (C=O) groups excluding carboxylic acids is 1. The predicted octanol–water partition coefficient (Wildman–Crippen LogP) is 5.77. The van der Waals surface area contributed by atoms with E-state index in [1.807, 2.05) is 38.1 Å². The molecule has 1 amide bonds. The smallest absolute Gasteiger partial charge is 0.260 e. The largest absolute Gasteiger partial charge is 0.308 e. The lowest BCUT2D eigenvalue weighted by Crippen LogP contribution is -2.36. The summed E-state index contributed by atoms with van der Waals surface area (Å²) in [5.74, 6) is -0.200. The first-order valence-electron chi connectivity index (χ1n) is 8.24. The topological polar surface area (TPSA) is 36.4 Å². The minimum Gasteiger partial charge on any atom is -0.308 e. The van der Waals surface area contributed by atoms with Gasteiger partial charge in [0.05, 0.1) is 15.2 Å². The fourth-order valence-corrected chi connectivity index (χ4v) is 4.49. The number of benzene rings is 2. The molecule has 0 aliphatic rings. The molecule has 2 aromatic carbocycles. The third-order valence-corrected chi connectivity index (χ3v) is 6.02. The number of hydrogen-bond donors (Lipinski definition) is 0. The van der Waals surface area contributed by atoms with Crippen molar-refractivity contribution in [2.24, 2.45) is 0 Å². The van der Waals surface area contributed by atoms with Crippen LogP contribution in [0.2, 0.25) is 15.1 Å². The van der Waals surface area contributed by atoms with Crippen molar-refractivity contribution >= 4 is 67.4 Å². The summed E-state index contributed by atoms with van der Waals surface area (Å²) in [4.78, 5) is 21.6. The van der Waals surface area contributed by atoms with Crippen molar-refractivity contribution < 1.29 is 4.79 Å². The Balaban J connectivity index is 2.07. The molecule has 3 aromatic rings. The highest BCUT2D eigenvalue weighted by atomic mass is 35.5. The number of anilines is 1. The summed E-state index contributed by atoms with van der Waals surface area (Å²) < 4.78 is 0.874. The molecule has 142 valence electrons. The van der Waals surface area contributed by atoms with Gasteiger partial charge in [0, 0.05) is 28.7 Å². The Morgan fingerprint density at radius 1 is 1.07 bits per heavy atom. The van der Waals surface area contributed by atoms with E-state index in [2.05, 4.69) is 0 Å². The number of fused-ring (bicyclic) bond motifs is 1. The Labute approximate surface area is 177 Å². The van der Waals surface area contributed by atoms with Crippen LogP contribution in [0.25, 0.3) is 10.2 Å². The van der Waals surface area contributed by atoms with Crippen molar-refractivity contribution in [2.75, 3.05) is 32.1 Å². The molecule has 0 saturated heterocycles. The van der Waals surface area contributed by atoms with Gasteiger partial charge in [-0.1, -0.05) is 52.2 Å². The number of nitrogens with zero attached hydrogens (tertiary/aromatic N) is 3. The lowest BCUT2D eigenvalue weighted by molar-refractivity contribution is 0.0985. The molecule has 0 aliphatic heterocycles. The van der Waals surface area contributed by atoms with E-state index in [1.165, 1.54) is 11.3 Å². The summed E-state index contributed by atoms with van der Waals surface area (Å²) in [6.45, 7) is 3.14. The molecule has 1 heterocycles. The zero-order chi connectivity index (χ0) is 19.7. The van der Waals surface area contributed by atoms with Crippen LogP contribution in [-0.4, -0.2) is 43.0 Å². The van der Waals surface area contributed by atoms with Gasteiger partial charge in [0.25, 0.3) is 5.91 Å². The Morgan fingerprint density at radius 2 is 1.74 bits per heavy atom. The van der Waals surface area contributed by atoms with Gasteiger partial charge in [-0.05, 0) is 50.8 Å². The van der Waals surface area contributed by atoms with Crippen LogP contribution in [0.4, 0.5) is 5.13 Å². The number of carbonyl (C=O) groups is 1. The summed E-state index contributed by atoms with van der Waals surface area (Å²) >= 11 is 19.9. The van der Waals surface area contributed by atoms with Crippen LogP contribution in [0.1, 0.15) is 15.9 Å². The third kappa shape index (κ3) is 4.55. The van der Waals surface area contributed by atoms with Crippen LogP contribution in [0.3, 0.4) is 0 Å². The number of rotatable bonds is 5. The van der Waals surface area contributed by atoms with Crippen molar-refractivity contribution in [1.82, 2.24) is 9.88 Å². The molecule has 0 saturated carbocycles. The van der Waals surface area contributed by atoms with Gasteiger partial charge in [-0.25, -0.2) is 4.98 Å². The fourth-order valence-electron chi connectivity index (χ4n) is 2.62. The summed E-state index contributed by atoms with van der Waals surface area (Å²) in [6, 6.07) is 8.61. The molecular formula is C19H18Cl3N3OS. The van der Waals surface area contributed by atoms with Gasteiger partial charge < -0.3 is 4.90 Å². The van der Waals surface area contributed by atoms with Gasteiger partial charge in [0.15, 0.2) is 5.13 Å². The molecule has 0 aliphatic carbocycles. The Hall–Kier alpha value is -1.37. The lowest BCUT2D eigenvalue weighted by atomic mass is 10.2. The summed E-state index contributed by atoms with van der Waals surface area (Å²) in [5, 5.41) is 2.07. The van der Waals surface area contributed by atoms with E-state index in [9.17, 15) is 4.79 Å². The minimum absolute atomic E-state index is 0.200. The molecule has 3 rings (SSSR count). The Morgan fingerprint density at radius 3 is 2.33 bits per heavy atom. The maximum atomic E-state index is 13.2. The average Bonchev–Trinajstić information content (AvgIpc) is 3.03. The lowest BCUT2D eigenvalue weighted by Gasteiger charge is -2.22. The second-order valence-corrected chi connectivity index (χ2v) is 8.71. The van der Waals surface area contributed by atoms with Gasteiger partial charge in [0.1, 0.15) is 0 Å². The first-order chi connectivity index (χ1) is 12.8. The summed E-state index contributed by atoms with van der Waals surface area (Å²) in [7, 11) is 3.91. The molecule has 0 N–H and O–H groups in total. The number of thiazole rings is 1. The van der Waals surface area contributed by atoms with Crippen LogP contribution in [0, 0.1) is 6.92 Å². The van der Waals surface area contributed by atoms with E-state index >= 15 is 0 Å². The summed E-state index contributed by atoms with van der Waals surface area (Å²) in [6.07, 6.45) is 0. The molecule has 0 spiro atoms. The van der Waals surface area contributed by atoms with Crippen LogP contribution in [0.15, 0.2) is 30.3 Å². The maximum Gasteiger partial charge on any atom is 0.260 e. The zero-order valence-electron chi connectivity index (χ0n) is 15.1. The monoisotopic (exact) mass is 441 g/mol. The number of aromatic nitrogens is 1. The predicted molar refractivity (Wildman–Crippen MR) is 116 cm³/mol. The van der Waals surface area contributed by atoms with E-state index in [-0.39, 0.29) is 5.91 Å². The normalized spacial score (nSPS) is 11.4. The maximum absolute atomic E-state index is 13.2. The number of amides is 1. The molecule has 0 bridgehead atoms. The highest BCUT2D eigenvalue weighted by Gasteiger charge is 2.23. The molecule has 0 radical (unpaired) electrons. The molecular weight excluding hydrogens is 425 g/mol. The molecule has 4 nitrogen and oxygen atoms in total. The van der Waals surface area contributed by atoms with Gasteiger partial charge in [-0.15, -0.1) is 0 Å².